The molecule has 0 bridgehead atoms. The molecule has 1 N–H and O–H groups in total. The van der Waals surface area contributed by atoms with Crippen LogP contribution in [0.1, 0.15) is 19.8 Å². The van der Waals surface area contributed by atoms with Crippen molar-refractivity contribution in [2.75, 3.05) is 13.1 Å². The van der Waals surface area contributed by atoms with Gasteiger partial charge in [0.2, 0.25) is 10.0 Å². The first-order valence-electron chi connectivity index (χ1n) is 6.41. The lowest BCUT2D eigenvalue weighted by Crippen LogP contribution is -2.36. The summed E-state index contributed by atoms with van der Waals surface area (Å²) in [6.45, 7) is 1.98. The van der Waals surface area contributed by atoms with E-state index in [9.17, 15) is 18.3 Å². The molecule has 21 heavy (non-hydrogen) atoms. The largest absolute Gasteiger partial charge is 0.481 e. The van der Waals surface area contributed by atoms with Crippen LogP contribution in [0.4, 0.5) is 0 Å². The summed E-state index contributed by atoms with van der Waals surface area (Å²) in [5, 5.41) is 9.77. The molecule has 2 rings (SSSR count). The van der Waals surface area contributed by atoms with E-state index < -0.39 is 21.4 Å². The van der Waals surface area contributed by atoms with Gasteiger partial charge in [-0.1, -0.05) is 18.5 Å². The molecule has 0 saturated carbocycles. The number of carboxylic acid groups (broad SMARTS) is 1. The van der Waals surface area contributed by atoms with E-state index in [0.717, 1.165) is 0 Å². The molecule has 1 unspecified atom stereocenters. The Morgan fingerprint density at radius 2 is 2.19 bits per heavy atom. The molecule has 1 aromatic rings. The van der Waals surface area contributed by atoms with E-state index >= 15 is 0 Å². The molecule has 1 atom stereocenters. The van der Waals surface area contributed by atoms with Crippen LogP contribution in [0.15, 0.2) is 27.6 Å². The standard InChI is InChI=1S/C13H15BrClNO4S/c1-2-13(12(17)18)5-6-16(8-13)21(19,20)9-3-4-11(15)10(14)7-9/h3-4,7H,2,5-6,8H2,1H3,(H,17,18). The summed E-state index contributed by atoms with van der Waals surface area (Å²) in [6, 6.07) is 4.36. The van der Waals surface area contributed by atoms with Crippen molar-refractivity contribution in [3.8, 4) is 0 Å². The van der Waals surface area contributed by atoms with E-state index in [-0.39, 0.29) is 18.0 Å². The van der Waals surface area contributed by atoms with E-state index in [1.807, 2.05) is 0 Å². The van der Waals surface area contributed by atoms with Crippen LogP contribution in [0, 0.1) is 5.41 Å². The van der Waals surface area contributed by atoms with Crippen molar-refractivity contribution in [1.82, 2.24) is 4.31 Å². The second kappa shape index (κ2) is 5.87. The molecular formula is C13H15BrClNO4S. The number of hydrogen-bond acceptors (Lipinski definition) is 3. The SMILES string of the molecule is CCC1(C(=O)O)CCN(S(=O)(=O)c2ccc(Cl)c(Br)c2)C1. The Balaban J connectivity index is 2.33. The van der Waals surface area contributed by atoms with Crippen molar-refractivity contribution in [2.45, 2.75) is 24.7 Å². The first-order valence-corrected chi connectivity index (χ1v) is 9.03. The Morgan fingerprint density at radius 1 is 1.52 bits per heavy atom. The van der Waals surface area contributed by atoms with Crippen LogP contribution in [0.2, 0.25) is 5.02 Å². The number of benzene rings is 1. The highest BCUT2D eigenvalue weighted by Crippen LogP contribution is 2.37. The molecule has 1 aliphatic rings. The van der Waals surface area contributed by atoms with E-state index in [1.54, 1.807) is 6.92 Å². The molecule has 1 aromatic carbocycles. The van der Waals surface area contributed by atoms with E-state index in [4.69, 9.17) is 11.6 Å². The van der Waals surface area contributed by atoms with Gasteiger partial charge in [-0.2, -0.15) is 4.31 Å². The molecule has 0 radical (unpaired) electrons. The highest BCUT2D eigenvalue weighted by molar-refractivity contribution is 9.10. The summed E-state index contributed by atoms with van der Waals surface area (Å²) >= 11 is 9.06. The summed E-state index contributed by atoms with van der Waals surface area (Å²) in [7, 11) is -3.71. The fourth-order valence-electron chi connectivity index (χ4n) is 2.44. The van der Waals surface area contributed by atoms with Gasteiger partial charge in [0.05, 0.1) is 15.3 Å². The minimum absolute atomic E-state index is 0.00140. The molecular weight excluding hydrogens is 382 g/mol. The number of aliphatic carboxylic acids is 1. The van der Waals surface area contributed by atoms with E-state index in [2.05, 4.69) is 15.9 Å². The van der Waals surface area contributed by atoms with Crippen molar-refractivity contribution in [2.24, 2.45) is 5.41 Å². The van der Waals surface area contributed by atoms with Crippen LogP contribution in [-0.4, -0.2) is 36.9 Å². The topological polar surface area (TPSA) is 74.7 Å². The second-order valence-electron chi connectivity index (χ2n) is 5.10. The van der Waals surface area contributed by atoms with Crippen molar-refractivity contribution in [3.63, 3.8) is 0 Å². The number of nitrogens with zero attached hydrogens (tertiary/aromatic N) is 1. The average molecular weight is 397 g/mol. The molecule has 1 aliphatic heterocycles. The number of rotatable bonds is 4. The molecule has 0 amide bonds. The lowest BCUT2D eigenvalue weighted by molar-refractivity contribution is -0.148. The monoisotopic (exact) mass is 395 g/mol. The molecule has 0 aliphatic carbocycles. The number of hydrogen-bond donors (Lipinski definition) is 1. The van der Waals surface area contributed by atoms with Gasteiger partial charge >= 0.3 is 5.97 Å². The van der Waals surface area contributed by atoms with Gasteiger partial charge in [0.15, 0.2) is 0 Å². The summed E-state index contributed by atoms with van der Waals surface area (Å²) in [5.74, 6) is -0.944. The zero-order chi connectivity index (χ0) is 15.8. The Kier molecular flexibility index (Phi) is 4.68. The Labute approximate surface area is 137 Å². The predicted octanol–water partition coefficient (Wildman–Crippen LogP) is 2.98. The minimum Gasteiger partial charge on any atom is -0.481 e. The summed E-state index contributed by atoms with van der Waals surface area (Å²) in [5.41, 5.74) is -0.989. The van der Waals surface area contributed by atoms with Crippen LogP contribution in [0.5, 0.6) is 0 Å². The fraction of sp³-hybridized carbons (Fsp3) is 0.462. The third kappa shape index (κ3) is 2.97. The molecule has 1 fully saturated rings. The molecule has 1 heterocycles. The van der Waals surface area contributed by atoms with E-state index in [1.165, 1.54) is 22.5 Å². The maximum atomic E-state index is 12.6. The number of halogens is 2. The van der Waals surface area contributed by atoms with Crippen LogP contribution in [0.3, 0.4) is 0 Å². The van der Waals surface area contributed by atoms with Crippen LogP contribution < -0.4 is 0 Å². The average Bonchev–Trinajstić information content (AvgIpc) is 2.88. The van der Waals surface area contributed by atoms with Crippen LogP contribution >= 0.6 is 27.5 Å². The van der Waals surface area contributed by atoms with Crippen molar-refractivity contribution in [3.05, 3.63) is 27.7 Å². The Hall–Kier alpha value is -0.630. The van der Waals surface area contributed by atoms with Gasteiger partial charge in [-0.15, -0.1) is 0 Å². The Morgan fingerprint density at radius 3 is 2.67 bits per heavy atom. The maximum absolute atomic E-state index is 12.6. The van der Waals surface area contributed by atoms with Crippen LogP contribution in [0.25, 0.3) is 0 Å². The quantitative estimate of drug-likeness (QED) is 0.849. The summed E-state index contributed by atoms with van der Waals surface area (Å²) in [4.78, 5) is 11.5. The first kappa shape index (κ1) is 16.7. The van der Waals surface area contributed by atoms with Gasteiger partial charge in [0.25, 0.3) is 0 Å². The highest BCUT2D eigenvalue weighted by Gasteiger charge is 2.47. The second-order valence-corrected chi connectivity index (χ2v) is 8.30. The highest BCUT2D eigenvalue weighted by atomic mass is 79.9. The summed E-state index contributed by atoms with van der Waals surface area (Å²) in [6.07, 6.45) is 0.728. The molecule has 5 nitrogen and oxygen atoms in total. The number of carboxylic acids is 1. The zero-order valence-electron chi connectivity index (χ0n) is 11.3. The maximum Gasteiger partial charge on any atom is 0.311 e. The molecule has 116 valence electrons. The minimum atomic E-state index is -3.71. The third-order valence-corrected chi connectivity index (χ3v) is 7.03. The van der Waals surface area contributed by atoms with Crippen molar-refractivity contribution in [1.29, 1.82) is 0 Å². The van der Waals surface area contributed by atoms with Crippen LogP contribution in [-0.2, 0) is 14.8 Å². The number of carbonyl (C=O) groups is 1. The third-order valence-electron chi connectivity index (χ3n) is 3.98. The fourth-order valence-corrected chi connectivity index (χ4v) is 4.64. The number of sulfonamides is 1. The molecule has 8 heteroatoms. The zero-order valence-corrected chi connectivity index (χ0v) is 14.5. The predicted molar refractivity (Wildman–Crippen MR) is 82.9 cm³/mol. The van der Waals surface area contributed by atoms with Gasteiger partial charge < -0.3 is 5.11 Å². The van der Waals surface area contributed by atoms with Gasteiger partial charge in [-0.05, 0) is 47.0 Å². The van der Waals surface area contributed by atoms with E-state index in [0.29, 0.717) is 22.3 Å². The van der Waals surface area contributed by atoms with Crippen molar-refractivity contribution < 1.29 is 18.3 Å². The smallest absolute Gasteiger partial charge is 0.311 e. The molecule has 0 aromatic heterocycles. The summed E-state index contributed by atoms with van der Waals surface area (Å²) < 4.78 is 26.9. The molecule has 0 spiro atoms. The Bertz CT molecular complexity index is 679. The van der Waals surface area contributed by atoms with Gasteiger partial charge in [0.1, 0.15) is 0 Å². The normalized spacial score (nSPS) is 23.4. The van der Waals surface area contributed by atoms with Gasteiger partial charge in [0, 0.05) is 17.6 Å². The lowest BCUT2D eigenvalue weighted by Gasteiger charge is -2.23. The van der Waals surface area contributed by atoms with Gasteiger partial charge in [-0.3, -0.25) is 4.79 Å². The van der Waals surface area contributed by atoms with Crippen molar-refractivity contribution >= 4 is 43.5 Å². The first-order chi connectivity index (χ1) is 9.73. The molecule has 1 saturated heterocycles. The van der Waals surface area contributed by atoms with Gasteiger partial charge in [-0.25, -0.2) is 8.42 Å². The lowest BCUT2D eigenvalue weighted by atomic mass is 9.85.